The van der Waals surface area contributed by atoms with E-state index < -0.39 is 0 Å². The number of hydrogen-bond acceptors (Lipinski definition) is 9. The second kappa shape index (κ2) is 11.3. The summed E-state index contributed by atoms with van der Waals surface area (Å²) >= 11 is 0. The van der Waals surface area contributed by atoms with Gasteiger partial charge in [0.1, 0.15) is 11.6 Å². The fraction of sp³-hybridized carbons (Fsp3) is 0.517. The lowest BCUT2D eigenvalue weighted by Gasteiger charge is -2.42. The average molecular weight is 549 g/mol. The summed E-state index contributed by atoms with van der Waals surface area (Å²) in [4.78, 5) is 30.1. The van der Waals surface area contributed by atoms with Crippen molar-refractivity contribution < 1.29 is 13.9 Å². The van der Waals surface area contributed by atoms with Crippen molar-refractivity contribution in [1.82, 2.24) is 19.8 Å². The van der Waals surface area contributed by atoms with Gasteiger partial charge in [-0.25, -0.2) is 4.39 Å². The predicted molar refractivity (Wildman–Crippen MR) is 151 cm³/mol. The van der Waals surface area contributed by atoms with Crippen LogP contribution in [0.3, 0.4) is 0 Å². The molecule has 5 rings (SSSR count). The minimum absolute atomic E-state index is 0.102. The van der Waals surface area contributed by atoms with Crippen molar-refractivity contribution in [1.29, 1.82) is 5.26 Å². The van der Waals surface area contributed by atoms with Crippen LogP contribution in [0.25, 0.3) is 0 Å². The van der Waals surface area contributed by atoms with Crippen LogP contribution in [-0.2, 0) is 17.8 Å². The molecule has 2 aliphatic heterocycles. The molecule has 1 unspecified atom stereocenters. The van der Waals surface area contributed by atoms with E-state index in [4.69, 9.17) is 20.4 Å². The highest BCUT2D eigenvalue weighted by molar-refractivity contribution is 5.87. The molecule has 1 amide bonds. The highest BCUT2D eigenvalue weighted by Gasteiger charge is 2.44. The first-order valence-corrected chi connectivity index (χ1v) is 13.7. The normalized spacial score (nSPS) is 19.7. The number of nitrogens with two attached hydrogens (primary N) is 1. The minimum Gasteiger partial charge on any atom is -0.463 e. The molecule has 0 radical (unpaired) electrons. The third-order valence-corrected chi connectivity index (χ3v) is 8.04. The maximum absolute atomic E-state index is 14.8. The molecule has 1 saturated heterocycles. The lowest BCUT2D eigenvalue weighted by atomic mass is 10.0. The standard InChI is InChI=1S/C29H37FN8O2/c1-4-25(39)38-15-14-37(16-20(38)8-12-31)27-21-9-13-36(26-22(30)6-5-7-23(26)32)17-24(21)33-28(34-27)40-19-29(10-11-29)18-35(2)3/h4-7,20H,1,8-11,13-19,32H2,2-3H3. The highest BCUT2D eigenvalue weighted by Crippen LogP contribution is 2.46. The van der Waals surface area contributed by atoms with Crippen molar-refractivity contribution in [3.05, 3.63) is 47.9 Å². The monoisotopic (exact) mass is 548 g/mol. The maximum atomic E-state index is 14.8. The van der Waals surface area contributed by atoms with Gasteiger partial charge in [-0.05, 0) is 51.6 Å². The average Bonchev–Trinajstić information content (AvgIpc) is 3.69. The molecule has 1 aromatic heterocycles. The van der Waals surface area contributed by atoms with E-state index in [9.17, 15) is 14.4 Å². The van der Waals surface area contributed by atoms with E-state index in [-0.39, 0.29) is 29.6 Å². The van der Waals surface area contributed by atoms with E-state index in [2.05, 4.69) is 36.5 Å². The summed E-state index contributed by atoms with van der Waals surface area (Å²) in [5.41, 5.74) is 8.78. The van der Waals surface area contributed by atoms with Gasteiger partial charge in [-0.2, -0.15) is 15.2 Å². The molecule has 1 aliphatic carbocycles. The SMILES string of the molecule is C=CC(=O)N1CCN(c2nc(OCC3(CN(C)C)CC3)nc3c2CCN(c2c(N)cccc2F)C3)CC1CC#N. The number of rotatable bonds is 9. The first-order chi connectivity index (χ1) is 19.2. The van der Waals surface area contributed by atoms with Crippen LogP contribution in [0.15, 0.2) is 30.9 Å². The number of para-hydroxylation sites is 1. The Morgan fingerprint density at radius 3 is 2.77 bits per heavy atom. The number of aromatic nitrogens is 2. The van der Waals surface area contributed by atoms with Gasteiger partial charge in [0, 0.05) is 43.7 Å². The van der Waals surface area contributed by atoms with Crippen LogP contribution in [-0.4, -0.2) is 85.1 Å². The zero-order valence-corrected chi connectivity index (χ0v) is 23.3. The summed E-state index contributed by atoms with van der Waals surface area (Å²) < 4.78 is 21.1. The fourth-order valence-electron chi connectivity index (χ4n) is 5.92. The zero-order chi connectivity index (χ0) is 28.4. The van der Waals surface area contributed by atoms with Crippen LogP contribution < -0.4 is 20.3 Å². The molecule has 3 aliphatic rings. The Hall–Kier alpha value is -3.91. The summed E-state index contributed by atoms with van der Waals surface area (Å²) in [6.07, 6.45) is 4.29. The number of carbonyl (C=O) groups is 1. The molecule has 1 saturated carbocycles. The highest BCUT2D eigenvalue weighted by atomic mass is 19.1. The second-order valence-electron chi connectivity index (χ2n) is 11.3. The topological polar surface area (TPSA) is 115 Å². The van der Waals surface area contributed by atoms with Gasteiger partial charge >= 0.3 is 6.01 Å². The molecule has 0 bridgehead atoms. The molecule has 0 spiro atoms. The van der Waals surface area contributed by atoms with Crippen molar-refractivity contribution >= 4 is 23.1 Å². The molecule has 11 heteroatoms. The van der Waals surface area contributed by atoms with Crippen LogP contribution >= 0.6 is 0 Å². The number of nitrogens with zero attached hydrogens (tertiary/aromatic N) is 7. The molecule has 1 aromatic carbocycles. The first kappa shape index (κ1) is 27.6. The van der Waals surface area contributed by atoms with E-state index in [1.165, 1.54) is 12.1 Å². The van der Waals surface area contributed by atoms with E-state index in [0.29, 0.717) is 63.1 Å². The van der Waals surface area contributed by atoms with Gasteiger partial charge in [-0.15, -0.1) is 0 Å². The lowest BCUT2D eigenvalue weighted by molar-refractivity contribution is -0.128. The van der Waals surface area contributed by atoms with Gasteiger partial charge in [0.05, 0.1) is 48.8 Å². The van der Waals surface area contributed by atoms with Gasteiger partial charge in [-0.3, -0.25) is 4.79 Å². The summed E-state index contributed by atoms with van der Waals surface area (Å²) in [6.45, 7) is 7.46. The van der Waals surface area contributed by atoms with E-state index in [0.717, 1.165) is 36.5 Å². The van der Waals surface area contributed by atoms with Crippen LogP contribution in [0.4, 0.5) is 21.6 Å². The van der Waals surface area contributed by atoms with E-state index in [1.54, 1.807) is 17.0 Å². The molecular formula is C29H37FN8O2. The van der Waals surface area contributed by atoms with Gasteiger partial charge < -0.3 is 30.1 Å². The van der Waals surface area contributed by atoms with E-state index in [1.807, 2.05) is 4.90 Å². The number of fused-ring (bicyclic) bond motifs is 1. The van der Waals surface area contributed by atoms with Crippen molar-refractivity contribution in [2.45, 2.75) is 38.3 Å². The molecule has 3 heterocycles. The lowest BCUT2D eigenvalue weighted by Crippen LogP contribution is -2.55. The number of ether oxygens (including phenoxy) is 1. The van der Waals surface area contributed by atoms with Crippen LogP contribution in [0, 0.1) is 22.6 Å². The number of nitriles is 1. The Kier molecular flexibility index (Phi) is 7.81. The number of benzene rings is 1. The van der Waals surface area contributed by atoms with Gasteiger partial charge in [-0.1, -0.05) is 12.6 Å². The number of nitrogen functional groups attached to an aromatic ring is 1. The predicted octanol–water partition coefficient (Wildman–Crippen LogP) is 2.60. The summed E-state index contributed by atoms with van der Waals surface area (Å²) in [5, 5.41) is 9.45. The van der Waals surface area contributed by atoms with Crippen molar-refractivity contribution in [2.24, 2.45) is 5.41 Å². The maximum Gasteiger partial charge on any atom is 0.318 e. The Labute approximate surface area is 234 Å². The number of halogens is 1. The Bertz CT molecular complexity index is 1300. The van der Waals surface area contributed by atoms with Crippen LogP contribution in [0.1, 0.15) is 30.5 Å². The fourth-order valence-corrected chi connectivity index (χ4v) is 5.92. The third-order valence-electron chi connectivity index (χ3n) is 8.04. The van der Waals surface area contributed by atoms with Gasteiger partial charge in [0.15, 0.2) is 0 Å². The number of piperazine rings is 1. The third kappa shape index (κ3) is 5.68. The number of amides is 1. The molecule has 2 fully saturated rings. The number of carbonyl (C=O) groups excluding carboxylic acids is 1. The zero-order valence-electron chi connectivity index (χ0n) is 23.3. The van der Waals surface area contributed by atoms with Gasteiger partial charge in [0.2, 0.25) is 5.91 Å². The number of hydrogen-bond donors (Lipinski definition) is 1. The summed E-state index contributed by atoms with van der Waals surface area (Å²) in [6, 6.07) is 6.95. The largest absolute Gasteiger partial charge is 0.463 e. The molecule has 2 aromatic rings. The van der Waals surface area contributed by atoms with Crippen molar-refractivity contribution in [3.8, 4) is 12.1 Å². The number of anilines is 3. The van der Waals surface area contributed by atoms with Crippen LogP contribution in [0.5, 0.6) is 6.01 Å². The summed E-state index contributed by atoms with van der Waals surface area (Å²) in [5.74, 6) is 0.213. The van der Waals surface area contributed by atoms with Crippen molar-refractivity contribution in [3.63, 3.8) is 0 Å². The van der Waals surface area contributed by atoms with E-state index >= 15 is 0 Å². The molecule has 40 heavy (non-hydrogen) atoms. The Morgan fingerprint density at radius 1 is 1.30 bits per heavy atom. The second-order valence-corrected chi connectivity index (χ2v) is 11.3. The molecule has 1 atom stereocenters. The molecule has 2 N–H and O–H groups in total. The molecular weight excluding hydrogens is 511 g/mol. The Balaban J connectivity index is 1.46. The first-order valence-electron chi connectivity index (χ1n) is 13.7. The Morgan fingerprint density at radius 2 is 2.10 bits per heavy atom. The van der Waals surface area contributed by atoms with Gasteiger partial charge in [0.25, 0.3) is 0 Å². The molecule has 10 nitrogen and oxygen atoms in total. The quantitative estimate of drug-likeness (QED) is 0.373. The van der Waals surface area contributed by atoms with Crippen LogP contribution in [0.2, 0.25) is 0 Å². The minimum atomic E-state index is -0.365. The summed E-state index contributed by atoms with van der Waals surface area (Å²) in [7, 11) is 4.12. The molecule has 212 valence electrons. The smallest absolute Gasteiger partial charge is 0.318 e. The van der Waals surface area contributed by atoms with Crippen molar-refractivity contribution in [2.75, 3.05) is 69.0 Å².